The normalized spacial score (nSPS) is 9.33. The number of rotatable bonds is 5. The van der Waals surface area contributed by atoms with Crippen molar-refractivity contribution in [2.24, 2.45) is 0 Å². The Bertz CT molecular complexity index is 379. The summed E-state index contributed by atoms with van der Waals surface area (Å²) in [6, 6.07) is 9.15. The number of hydrogen-bond acceptors (Lipinski definition) is 3. The van der Waals surface area contributed by atoms with Crippen molar-refractivity contribution in [1.82, 2.24) is 0 Å². The molecule has 0 unspecified atom stereocenters. The van der Waals surface area contributed by atoms with E-state index in [1.54, 1.807) is 25.3 Å². The Morgan fingerprint density at radius 1 is 1.47 bits per heavy atom. The number of ketones is 1. The molecule has 0 saturated heterocycles. The van der Waals surface area contributed by atoms with Crippen molar-refractivity contribution >= 4 is 5.78 Å². The number of Topliss-reactive ketones (excluding diaryl/α,β-unsaturated/α-hetero) is 1. The van der Waals surface area contributed by atoms with Gasteiger partial charge in [0.1, 0.15) is 5.75 Å². The van der Waals surface area contributed by atoms with Crippen LogP contribution in [0.5, 0.6) is 5.75 Å². The number of methoxy groups -OCH3 is 1. The fourth-order valence-electron chi connectivity index (χ4n) is 1.34. The van der Waals surface area contributed by atoms with Crippen LogP contribution in [0.25, 0.3) is 0 Å². The number of carbonyl (C=O) groups is 1. The van der Waals surface area contributed by atoms with Crippen molar-refractivity contribution in [2.45, 2.75) is 19.3 Å². The standard InChI is InChI=1S/C12H13NO2/c1-15-12-8-3-2-6-10(12)11(14)7-4-5-9-13/h2-3,6,8H,4-5,7H2,1H3. The summed E-state index contributed by atoms with van der Waals surface area (Å²) in [5, 5.41) is 8.36. The Labute approximate surface area is 89.3 Å². The van der Waals surface area contributed by atoms with E-state index in [-0.39, 0.29) is 5.78 Å². The lowest BCUT2D eigenvalue weighted by Crippen LogP contribution is -2.01. The predicted molar refractivity (Wildman–Crippen MR) is 56.8 cm³/mol. The van der Waals surface area contributed by atoms with E-state index in [0.717, 1.165) is 0 Å². The van der Waals surface area contributed by atoms with Crippen molar-refractivity contribution in [3.63, 3.8) is 0 Å². The van der Waals surface area contributed by atoms with Crippen LogP contribution in [0.3, 0.4) is 0 Å². The van der Waals surface area contributed by atoms with Gasteiger partial charge in [-0.15, -0.1) is 0 Å². The summed E-state index contributed by atoms with van der Waals surface area (Å²) in [5.74, 6) is 0.627. The van der Waals surface area contributed by atoms with Gasteiger partial charge in [-0.25, -0.2) is 0 Å². The minimum atomic E-state index is 0.0303. The second-order valence-corrected chi connectivity index (χ2v) is 3.14. The minimum absolute atomic E-state index is 0.0303. The third-order valence-corrected chi connectivity index (χ3v) is 2.10. The fraction of sp³-hybridized carbons (Fsp3) is 0.333. The van der Waals surface area contributed by atoms with E-state index in [2.05, 4.69) is 0 Å². The van der Waals surface area contributed by atoms with Crippen molar-refractivity contribution in [2.75, 3.05) is 7.11 Å². The Morgan fingerprint density at radius 2 is 2.20 bits per heavy atom. The van der Waals surface area contributed by atoms with Gasteiger partial charge in [0.25, 0.3) is 0 Å². The molecular formula is C12H13NO2. The Kier molecular flexibility index (Phi) is 4.36. The smallest absolute Gasteiger partial charge is 0.166 e. The molecule has 0 fully saturated rings. The van der Waals surface area contributed by atoms with Crippen LogP contribution in [0.15, 0.2) is 24.3 Å². The lowest BCUT2D eigenvalue weighted by atomic mass is 10.0. The molecule has 0 aromatic heterocycles. The third kappa shape index (κ3) is 3.10. The molecular weight excluding hydrogens is 190 g/mol. The summed E-state index contributed by atoms with van der Waals surface area (Å²) in [6.07, 6.45) is 1.42. The molecule has 0 atom stereocenters. The highest BCUT2D eigenvalue weighted by Gasteiger charge is 2.10. The Balaban J connectivity index is 2.69. The second-order valence-electron chi connectivity index (χ2n) is 3.14. The first kappa shape index (κ1) is 11.3. The predicted octanol–water partition coefficient (Wildman–Crippen LogP) is 2.57. The lowest BCUT2D eigenvalue weighted by molar-refractivity contribution is 0.0977. The summed E-state index contributed by atoms with van der Waals surface area (Å²) >= 11 is 0. The maximum absolute atomic E-state index is 11.7. The molecule has 1 aromatic rings. The number of unbranched alkanes of at least 4 members (excludes halogenated alkanes) is 1. The van der Waals surface area contributed by atoms with Gasteiger partial charge in [0.15, 0.2) is 5.78 Å². The number of nitriles is 1. The molecule has 0 spiro atoms. The van der Waals surface area contributed by atoms with Crippen LogP contribution < -0.4 is 4.74 Å². The van der Waals surface area contributed by atoms with Crippen LogP contribution in [0, 0.1) is 11.3 Å². The van der Waals surface area contributed by atoms with Gasteiger partial charge in [0, 0.05) is 12.8 Å². The third-order valence-electron chi connectivity index (χ3n) is 2.10. The number of nitrogens with zero attached hydrogens (tertiary/aromatic N) is 1. The number of hydrogen-bond donors (Lipinski definition) is 0. The van der Waals surface area contributed by atoms with Crippen molar-refractivity contribution in [1.29, 1.82) is 5.26 Å². The zero-order chi connectivity index (χ0) is 11.1. The highest BCUT2D eigenvalue weighted by atomic mass is 16.5. The molecule has 0 aliphatic heterocycles. The molecule has 0 heterocycles. The van der Waals surface area contributed by atoms with Crippen LogP contribution >= 0.6 is 0 Å². The van der Waals surface area contributed by atoms with E-state index in [0.29, 0.717) is 30.6 Å². The van der Waals surface area contributed by atoms with Gasteiger partial charge in [-0.05, 0) is 18.6 Å². The number of benzene rings is 1. The molecule has 0 radical (unpaired) electrons. The van der Waals surface area contributed by atoms with Crippen LogP contribution in [0.1, 0.15) is 29.6 Å². The van der Waals surface area contributed by atoms with E-state index in [9.17, 15) is 4.79 Å². The molecule has 78 valence electrons. The summed E-state index contributed by atoms with van der Waals surface area (Å²) in [6.45, 7) is 0. The van der Waals surface area contributed by atoms with Gasteiger partial charge < -0.3 is 4.74 Å². The van der Waals surface area contributed by atoms with E-state index in [1.807, 2.05) is 12.1 Å². The molecule has 0 amide bonds. The maximum Gasteiger partial charge on any atom is 0.166 e. The van der Waals surface area contributed by atoms with Gasteiger partial charge in [0.05, 0.1) is 18.7 Å². The highest BCUT2D eigenvalue weighted by molar-refractivity contribution is 5.98. The van der Waals surface area contributed by atoms with Gasteiger partial charge in [-0.2, -0.15) is 5.26 Å². The molecule has 0 aliphatic carbocycles. The Morgan fingerprint density at radius 3 is 2.87 bits per heavy atom. The van der Waals surface area contributed by atoms with Crippen molar-refractivity contribution in [3.05, 3.63) is 29.8 Å². The number of ether oxygens (including phenoxy) is 1. The second kappa shape index (κ2) is 5.82. The first-order valence-electron chi connectivity index (χ1n) is 4.82. The lowest BCUT2D eigenvalue weighted by Gasteiger charge is -2.05. The van der Waals surface area contributed by atoms with Gasteiger partial charge in [0.2, 0.25) is 0 Å². The molecule has 0 aliphatic rings. The van der Waals surface area contributed by atoms with Crippen molar-refractivity contribution < 1.29 is 9.53 Å². The molecule has 3 nitrogen and oxygen atoms in total. The summed E-state index contributed by atoms with van der Waals surface area (Å²) in [5.41, 5.74) is 0.595. The van der Waals surface area contributed by atoms with Crippen molar-refractivity contribution in [3.8, 4) is 11.8 Å². The first-order valence-corrected chi connectivity index (χ1v) is 4.82. The van der Waals surface area contributed by atoms with Gasteiger partial charge >= 0.3 is 0 Å². The highest BCUT2D eigenvalue weighted by Crippen LogP contribution is 2.19. The average molecular weight is 203 g/mol. The largest absolute Gasteiger partial charge is 0.496 e. The van der Waals surface area contributed by atoms with E-state index in [4.69, 9.17) is 10.00 Å². The summed E-state index contributed by atoms with van der Waals surface area (Å²) in [7, 11) is 1.54. The molecule has 15 heavy (non-hydrogen) atoms. The first-order chi connectivity index (χ1) is 7.29. The van der Waals surface area contributed by atoms with E-state index >= 15 is 0 Å². The average Bonchev–Trinajstić information content (AvgIpc) is 2.29. The fourth-order valence-corrected chi connectivity index (χ4v) is 1.34. The molecule has 1 rings (SSSR count). The molecule has 0 N–H and O–H groups in total. The zero-order valence-electron chi connectivity index (χ0n) is 8.69. The minimum Gasteiger partial charge on any atom is -0.496 e. The van der Waals surface area contributed by atoms with E-state index in [1.165, 1.54) is 0 Å². The monoisotopic (exact) mass is 203 g/mol. The van der Waals surface area contributed by atoms with Crippen LogP contribution in [-0.2, 0) is 0 Å². The van der Waals surface area contributed by atoms with Crippen LogP contribution in [-0.4, -0.2) is 12.9 Å². The molecule has 0 bridgehead atoms. The number of para-hydroxylation sites is 1. The van der Waals surface area contributed by atoms with Gasteiger partial charge in [-0.1, -0.05) is 12.1 Å². The van der Waals surface area contributed by atoms with Crippen LogP contribution in [0.4, 0.5) is 0 Å². The molecule has 0 saturated carbocycles. The molecule has 3 heteroatoms. The SMILES string of the molecule is COc1ccccc1C(=O)CCCC#N. The zero-order valence-corrected chi connectivity index (χ0v) is 8.69. The number of carbonyl (C=O) groups excluding carboxylic acids is 1. The van der Waals surface area contributed by atoms with E-state index < -0.39 is 0 Å². The Hall–Kier alpha value is -1.82. The van der Waals surface area contributed by atoms with Crippen LogP contribution in [0.2, 0.25) is 0 Å². The molecule has 1 aromatic carbocycles. The summed E-state index contributed by atoms with van der Waals surface area (Å²) < 4.78 is 5.09. The maximum atomic E-state index is 11.7. The summed E-state index contributed by atoms with van der Waals surface area (Å²) in [4.78, 5) is 11.7. The van der Waals surface area contributed by atoms with Gasteiger partial charge in [-0.3, -0.25) is 4.79 Å². The quantitative estimate of drug-likeness (QED) is 0.546. The topological polar surface area (TPSA) is 50.1 Å².